The highest BCUT2D eigenvalue weighted by atomic mass is 31.1. The standard InChI is InChI=1S/C10H13P/c1-2-3-9-11-10-7-5-4-6-8-10/h2-8,11H,9H2,1H3. The molecule has 1 atom stereocenters. The number of allylic oxidation sites excluding steroid dienone is 2. The van der Waals surface area contributed by atoms with Crippen molar-refractivity contribution in [3.8, 4) is 0 Å². The van der Waals surface area contributed by atoms with Crippen molar-refractivity contribution < 1.29 is 0 Å². The lowest BCUT2D eigenvalue weighted by molar-refractivity contribution is 1.65. The van der Waals surface area contributed by atoms with Crippen LogP contribution in [0.1, 0.15) is 6.92 Å². The first-order chi connectivity index (χ1) is 5.43. The molecule has 0 fully saturated rings. The van der Waals surface area contributed by atoms with E-state index >= 15 is 0 Å². The van der Waals surface area contributed by atoms with E-state index in [-0.39, 0.29) is 0 Å². The van der Waals surface area contributed by atoms with E-state index in [0.717, 1.165) is 8.58 Å². The van der Waals surface area contributed by atoms with Gasteiger partial charge in [-0.2, -0.15) is 0 Å². The van der Waals surface area contributed by atoms with Gasteiger partial charge in [0.05, 0.1) is 0 Å². The fourth-order valence-electron chi connectivity index (χ4n) is 0.851. The molecule has 0 aliphatic rings. The predicted octanol–water partition coefficient (Wildman–Crippen LogP) is 2.57. The van der Waals surface area contributed by atoms with E-state index < -0.39 is 0 Å². The van der Waals surface area contributed by atoms with Crippen LogP contribution in [0.5, 0.6) is 0 Å². The minimum Gasteiger partial charge on any atom is -0.0913 e. The van der Waals surface area contributed by atoms with Gasteiger partial charge in [-0.25, -0.2) is 0 Å². The van der Waals surface area contributed by atoms with Crippen molar-refractivity contribution in [3.05, 3.63) is 42.5 Å². The van der Waals surface area contributed by atoms with Gasteiger partial charge >= 0.3 is 0 Å². The van der Waals surface area contributed by atoms with Gasteiger partial charge in [0.15, 0.2) is 0 Å². The van der Waals surface area contributed by atoms with E-state index in [2.05, 4.69) is 49.4 Å². The minimum atomic E-state index is 0.924. The van der Waals surface area contributed by atoms with Crippen LogP contribution in [0.25, 0.3) is 0 Å². The van der Waals surface area contributed by atoms with Gasteiger partial charge in [0, 0.05) is 0 Å². The second-order valence-corrected chi connectivity index (χ2v) is 3.66. The van der Waals surface area contributed by atoms with Gasteiger partial charge in [-0.1, -0.05) is 51.1 Å². The smallest absolute Gasteiger partial charge is 0.0132 e. The van der Waals surface area contributed by atoms with Crippen molar-refractivity contribution in [2.24, 2.45) is 0 Å². The second-order valence-electron chi connectivity index (χ2n) is 2.32. The number of benzene rings is 1. The monoisotopic (exact) mass is 164 g/mol. The zero-order chi connectivity index (χ0) is 7.94. The molecule has 0 amide bonds. The molecule has 0 bridgehead atoms. The van der Waals surface area contributed by atoms with E-state index in [1.807, 2.05) is 0 Å². The molecule has 0 aromatic heterocycles. The molecule has 0 saturated carbocycles. The quantitative estimate of drug-likeness (QED) is 0.475. The third-order valence-corrected chi connectivity index (χ3v) is 2.61. The fourth-order valence-corrected chi connectivity index (χ4v) is 1.87. The minimum absolute atomic E-state index is 0.924. The summed E-state index contributed by atoms with van der Waals surface area (Å²) in [6.07, 6.45) is 5.50. The zero-order valence-electron chi connectivity index (χ0n) is 6.75. The molecule has 0 aliphatic carbocycles. The molecule has 0 N–H and O–H groups in total. The Balaban J connectivity index is 2.39. The maximum Gasteiger partial charge on any atom is -0.0132 e. The third-order valence-electron chi connectivity index (χ3n) is 1.43. The first kappa shape index (κ1) is 8.49. The lowest BCUT2D eigenvalue weighted by Gasteiger charge is -1.95. The van der Waals surface area contributed by atoms with Gasteiger partial charge < -0.3 is 0 Å². The highest BCUT2D eigenvalue weighted by Gasteiger charge is 1.85. The SMILES string of the molecule is CC=CCPc1ccccc1. The molecule has 58 valence electrons. The van der Waals surface area contributed by atoms with Crippen LogP contribution in [0.15, 0.2) is 42.5 Å². The predicted molar refractivity (Wildman–Crippen MR) is 54.1 cm³/mol. The van der Waals surface area contributed by atoms with E-state index in [9.17, 15) is 0 Å². The summed E-state index contributed by atoms with van der Waals surface area (Å²) in [5.41, 5.74) is 0. The lowest BCUT2D eigenvalue weighted by Crippen LogP contribution is -1.91. The molecule has 11 heavy (non-hydrogen) atoms. The normalized spacial score (nSPS) is 11.7. The van der Waals surface area contributed by atoms with Crippen molar-refractivity contribution in [3.63, 3.8) is 0 Å². The average Bonchev–Trinajstić information content (AvgIpc) is 2.07. The van der Waals surface area contributed by atoms with Crippen LogP contribution in [-0.2, 0) is 0 Å². The Morgan fingerprint density at radius 2 is 2.00 bits per heavy atom. The Morgan fingerprint density at radius 1 is 1.27 bits per heavy atom. The summed E-state index contributed by atoms with van der Waals surface area (Å²) in [7, 11) is 0.924. The van der Waals surface area contributed by atoms with Crippen LogP contribution >= 0.6 is 8.58 Å². The largest absolute Gasteiger partial charge is 0.0913 e. The van der Waals surface area contributed by atoms with Crippen molar-refractivity contribution in [2.75, 3.05) is 6.16 Å². The first-order valence-electron chi connectivity index (χ1n) is 3.83. The topological polar surface area (TPSA) is 0 Å². The Bertz CT molecular complexity index is 214. The van der Waals surface area contributed by atoms with Gasteiger partial charge in [-0.3, -0.25) is 0 Å². The van der Waals surface area contributed by atoms with Crippen LogP contribution in [0.4, 0.5) is 0 Å². The molecule has 0 spiro atoms. The summed E-state index contributed by atoms with van der Waals surface area (Å²) in [6.45, 7) is 2.06. The van der Waals surface area contributed by atoms with Crippen molar-refractivity contribution in [2.45, 2.75) is 6.92 Å². The van der Waals surface area contributed by atoms with E-state index in [1.54, 1.807) is 0 Å². The zero-order valence-corrected chi connectivity index (χ0v) is 7.75. The average molecular weight is 164 g/mol. The van der Waals surface area contributed by atoms with Crippen molar-refractivity contribution >= 4 is 13.9 Å². The molecule has 0 heterocycles. The Kier molecular flexibility index (Phi) is 3.93. The molecule has 0 saturated heterocycles. The molecule has 0 aliphatic heterocycles. The van der Waals surface area contributed by atoms with E-state index in [1.165, 1.54) is 11.5 Å². The van der Waals surface area contributed by atoms with Gasteiger partial charge in [-0.05, 0) is 18.4 Å². The fraction of sp³-hybridized carbons (Fsp3) is 0.200. The summed E-state index contributed by atoms with van der Waals surface area (Å²) in [5.74, 6) is 0. The molecule has 1 rings (SSSR count). The molecule has 1 aromatic rings. The van der Waals surface area contributed by atoms with Gasteiger partial charge in [0.1, 0.15) is 0 Å². The maximum atomic E-state index is 2.21. The Hall–Kier alpha value is -0.610. The van der Waals surface area contributed by atoms with Crippen LogP contribution in [-0.4, -0.2) is 6.16 Å². The summed E-state index contributed by atoms with van der Waals surface area (Å²) >= 11 is 0. The highest BCUT2D eigenvalue weighted by Crippen LogP contribution is 2.08. The molecular formula is C10H13P. The molecular weight excluding hydrogens is 151 g/mol. The van der Waals surface area contributed by atoms with Crippen LogP contribution in [0, 0.1) is 0 Å². The van der Waals surface area contributed by atoms with E-state index in [4.69, 9.17) is 0 Å². The Morgan fingerprint density at radius 3 is 2.64 bits per heavy atom. The van der Waals surface area contributed by atoms with Gasteiger partial charge in [0.25, 0.3) is 0 Å². The lowest BCUT2D eigenvalue weighted by atomic mass is 10.4. The highest BCUT2D eigenvalue weighted by molar-refractivity contribution is 7.47. The number of hydrogen-bond donors (Lipinski definition) is 0. The molecule has 1 heteroatoms. The summed E-state index contributed by atoms with van der Waals surface area (Å²) in [6, 6.07) is 10.6. The summed E-state index contributed by atoms with van der Waals surface area (Å²) in [5, 5.41) is 1.45. The number of rotatable bonds is 3. The van der Waals surface area contributed by atoms with Crippen molar-refractivity contribution in [1.82, 2.24) is 0 Å². The maximum absolute atomic E-state index is 2.21. The van der Waals surface area contributed by atoms with Gasteiger partial charge in [0.2, 0.25) is 0 Å². The molecule has 0 nitrogen and oxygen atoms in total. The molecule has 0 radical (unpaired) electrons. The van der Waals surface area contributed by atoms with Crippen LogP contribution in [0.2, 0.25) is 0 Å². The van der Waals surface area contributed by atoms with E-state index in [0.29, 0.717) is 0 Å². The van der Waals surface area contributed by atoms with Crippen LogP contribution < -0.4 is 5.30 Å². The van der Waals surface area contributed by atoms with Crippen molar-refractivity contribution in [1.29, 1.82) is 0 Å². The summed E-state index contributed by atoms with van der Waals surface area (Å²) in [4.78, 5) is 0. The third kappa shape index (κ3) is 3.34. The van der Waals surface area contributed by atoms with Gasteiger partial charge in [-0.15, -0.1) is 0 Å². The van der Waals surface area contributed by atoms with Crippen LogP contribution in [0.3, 0.4) is 0 Å². The Labute approximate surface area is 70.1 Å². The second kappa shape index (κ2) is 5.09. The first-order valence-corrected chi connectivity index (χ1v) is 5.04. The number of hydrogen-bond acceptors (Lipinski definition) is 0. The molecule has 1 aromatic carbocycles. The summed E-state index contributed by atoms with van der Waals surface area (Å²) < 4.78 is 0. The molecule has 1 unspecified atom stereocenters.